The molecule has 0 amide bonds. The van der Waals surface area contributed by atoms with Gasteiger partial charge in [0.15, 0.2) is 0 Å². The zero-order valence-electron chi connectivity index (χ0n) is 11.0. The Morgan fingerprint density at radius 1 is 1.32 bits per heavy atom. The largest absolute Gasteiger partial charge is 0.494 e. The minimum absolute atomic E-state index is 0.791. The second-order valence-electron chi connectivity index (χ2n) is 4.71. The van der Waals surface area contributed by atoms with Crippen molar-refractivity contribution >= 4 is 43.6 Å². The topological polar surface area (TPSA) is 21.3 Å². The van der Waals surface area contributed by atoms with Crippen molar-refractivity contribution in [3.05, 3.63) is 26.6 Å². The fraction of sp³-hybridized carbons (Fsp3) is 0.571. The normalized spacial score (nSPS) is 19.4. The lowest BCUT2D eigenvalue weighted by Gasteiger charge is -2.21. The number of methoxy groups -OCH3 is 1. The predicted molar refractivity (Wildman–Crippen MR) is 90.2 cm³/mol. The third-order valence-corrected chi connectivity index (χ3v) is 5.81. The number of halogens is 2. The van der Waals surface area contributed by atoms with Gasteiger partial charge in [0, 0.05) is 18.3 Å². The van der Waals surface area contributed by atoms with Gasteiger partial charge in [-0.25, -0.2) is 0 Å². The summed E-state index contributed by atoms with van der Waals surface area (Å²) in [5.74, 6) is 2.18. The molecule has 1 N–H and O–H groups in total. The molecule has 0 bridgehead atoms. The molecule has 106 valence electrons. The summed E-state index contributed by atoms with van der Waals surface area (Å²) in [5.41, 5.74) is 1.26. The smallest absolute Gasteiger partial charge is 0.147 e. The average Bonchev–Trinajstić information content (AvgIpc) is 2.40. The third kappa shape index (κ3) is 4.66. The number of rotatable bonds is 5. The number of benzene rings is 1. The zero-order valence-corrected chi connectivity index (χ0v) is 15.0. The highest BCUT2D eigenvalue weighted by Gasteiger charge is 2.13. The first kappa shape index (κ1) is 15.7. The highest BCUT2D eigenvalue weighted by Crippen LogP contribution is 2.34. The van der Waals surface area contributed by atoms with E-state index in [1.807, 2.05) is 0 Å². The lowest BCUT2D eigenvalue weighted by Crippen LogP contribution is -2.26. The van der Waals surface area contributed by atoms with E-state index in [-0.39, 0.29) is 0 Å². The Hall–Kier alpha value is 0.290. The fourth-order valence-corrected chi connectivity index (χ4v) is 5.13. The van der Waals surface area contributed by atoms with Gasteiger partial charge in [-0.1, -0.05) is 6.42 Å². The minimum atomic E-state index is 0.791. The lowest BCUT2D eigenvalue weighted by molar-refractivity contribution is 0.409. The number of nitrogens with one attached hydrogen (secondary N) is 1. The molecule has 0 spiro atoms. The molecule has 1 saturated heterocycles. The van der Waals surface area contributed by atoms with Crippen LogP contribution in [0.4, 0.5) is 0 Å². The Labute approximate surface area is 136 Å². The van der Waals surface area contributed by atoms with Crippen LogP contribution in [0.5, 0.6) is 5.75 Å². The molecule has 1 heterocycles. The van der Waals surface area contributed by atoms with Crippen LogP contribution in [-0.2, 0) is 6.54 Å². The number of hydrogen-bond donors (Lipinski definition) is 1. The number of ether oxygens (including phenoxy) is 1. The first-order chi connectivity index (χ1) is 9.20. The SMILES string of the molecule is COc1c(Br)cc(CNCC2CCCCS2)cc1Br. The van der Waals surface area contributed by atoms with Crippen LogP contribution < -0.4 is 10.1 Å². The van der Waals surface area contributed by atoms with Gasteiger partial charge in [0.05, 0.1) is 16.1 Å². The molecule has 2 rings (SSSR count). The van der Waals surface area contributed by atoms with Crippen LogP contribution in [0.3, 0.4) is 0 Å². The van der Waals surface area contributed by atoms with Gasteiger partial charge >= 0.3 is 0 Å². The maximum Gasteiger partial charge on any atom is 0.147 e. The average molecular weight is 409 g/mol. The molecule has 1 aromatic carbocycles. The molecule has 5 heteroatoms. The van der Waals surface area contributed by atoms with Crippen LogP contribution in [0, 0.1) is 0 Å². The molecule has 2 nitrogen and oxygen atoms in total. The van der Waals surface area contributed by atoms with Gasteiger partial charge in [-0.05, 0) is 68.2 Å². The molecule has 0 aliphatic carbocycles. The Bertz CT molecular complexity index is 399. The molecule has 1 fully saturated rings. The first-order valence-corrected chi connectivity index (χ1v) is 9.18. The molecular weight excluding hydrogens is 390 g/mol. The van der Waals surface area contributed by atoms with Crippen molar-refractivity contribution in [2.24, 2.45) is 0 Å². The van der Waals surface area contributed by atoms with E-state index in [1.165, 1.54) is 30.6 Å². The third-order valence-electron chi connectivity index (χ3n) is 3.24. The maximum atomic E-state index is 5.31. The molecule has 1 aliphatic rings. The van der Waals surface area contributed by atoms with Gasteiger partial charge in [0.1, 0.15) is 5.75 Å². The second-order valence-corrected chi connectivity index (χ2v) is 7.83. The van der Waals surface area contributed by atoms with Gasteiger partial charge in [-0.2, -0.15) is 11.8 Å². The lowest BCUT2D eigenvalue weighted by atomic mass is 10.2. The van der Waals surface area contributed by atoms with E-state index in [0.29, 0.717) is 0 Å². The van der Waals surface area contributed by atoms with E-state index >= 15 is 0 Å². The van der Waals surface area contributed by atoms with Gasteiger partial charge in [-0.3, -0.25) is 0 Å². The van der Waals surface area contributed by atoms with Crippen LogP contribution in [0.1, 0.15) is 24.8 Å². The van der Waals surface area contributed by atoms with E-state index in [4.69, 9.17) is 4.74 Å². The first-order valence-electron chi connectivity index (χ1n) is 6.55. The summed E-state index contributed by atoms with van der Waals surface area (Å²) in [4.78, 5) is 0. The maximum absolute atomic E-state index is 5.31. The van der Waals surface area contributed by atoms with E-state index in [2.05, 4.69) is 61.1 Å². The predicted octanol–water partition coefficient (Wildman–Crippen LogP) is 4.60. The molecule has 19 heavy (non-hydrogen) atoms. The van der Waals surface area contributed by atoms with Crippen molar-refractivity contribution in [3.8, 4) is 5.75 Å². The molecule has 0 radical (unpaired) electrons. The van der Waals surface area contributed by atoms with E-state index < -0.39 is 0 Å². The van der Waals surface area contributed by atoms with Gasteiger partial charge < -0.3 is 10.1 Å². The van der Waals surface area contributed by atoms with Crippen molar-refractivity contribution in [2.75, 3.05) is 19.4 Å². The summed E-state index contributed by atoms with van der Waals surface area (Å²) in [6.45, 7) is 2.00. The summed E-state index contributed by atoms with van der Waals surface area (Å²) >= 11 is 9.19. The summed E-state index contributed by atoms with van der Waals surface area (Å²) in [6.07, 6.45) is 4.13. The molecule has 0 saturated carbocycles. The van der Waals surface area contributed by atoms with Gasteiger partial charge in [-0.15, -0.1) is 0 Å². The van der Waals surface area contributed by atoms with Crippen LogP contribution in [0.15, 0.2) is 21.1 Å². The minimum Gasteiger partial charge on any atom is -0.494 e. The van der Waals surface area contributed by atoms with E-state index in [1.54, 1.807) is 7.11 Å². The molecule has 1 unspecified atom stereocenters. The standard InChI is InChI=1S/C14H19Br2NOS/c1-18-14-12(15)6-10(7-13(14)16)8-17-9-11-4-2-3-5-19-11/h6-7,11,17H,2-5,8-9H2,1H3. The zero-order chi connectivity index (χ0) is 13.7. The van der Waals surface area contributed by atoms with Crippen molar-refractivity contribution in [1.29, 1.82) is 0 Å². The van der Waals surface area contributed by atoms with E-state index in [9.17, 15) is 0 Å². The molecule has 1 aliphatic heterocycles. The Morgan fingerprint density at radius 3 is 2.63 bits per heavy atom. The van der Waals surface area contributed by atoms with Crippen LogP contribution in [-0.4, -0.2) is 24.7 Å². The summed E-state index contributed by atoms with van der Waals surface area (Å²) in [6, 6.07) is 4.23. The number of thioether (sulfide) groups is 1. The van der Waals surface area contributed by atoms with Crippen LogP contribution >= 0.6 is 43.6 Å². The Balaban J connectivity index is 1.85. The monoisotopic (exact) mass is 407 g/mol. The van der Waals surface area contributed by atoms with Gasteiger partial charge in [0.25, 0.3) is 0 Å². The van der Waals surface area contributed by atoms with Crippen molar-refractivity contribution in [3.63, 3.8) is 0 Å². The second kappa shape index (κ2) is 7.91. The quantitative estimate of drug-likeness (QED) is 0.769. The highest BCUT2D eigenvalue weighted by atomic mass is 79.9. The molecule has 0 aromatic heterocycles. The fourth-order valence-electron chi connectivity index (χ4n) is 2.26. The van der Waals surface area contributed by atoms with Gasteiger partial charge in [0.2, 0.25) is 0 Å². The number of hydrogen-bond acceptors (Lipinski definition) is 3. The van der Waals surface area contributed by atoms with Crippen molar-refractivity contribution in [1.82, 2.24) is 5.32 Å². The van der Waals surface area contributed by atoms with Crippen molar-refractivity contribution < 1.29 is 4.74 Å². The highest BCUT2D eigenvalue weighted by molar-refractivity contribution is 9.11. The molecule has 1 aromatic rings. The summed E-state index contributed by atoms with van der Waals surface area (Å²) in [7, 11) is 1.68. The Kier molecular flexibility index (Phi) is 6.53. The van der Waals surface area contributed by atoms with Crippen LogP contribution in [0.25, 0.3) is 0 Å². The summed E-state index contributed by atoms with van der Waals surface area (Å²) in [5, 5.41) is 4.35. The van der Waals surface area contributed by atoms with Crippen molar-refractivity contribution in [2.45, 2.75) is 31.1 Å². The molecular formula is C14H19Br2NOS. The molecule has 1 atom stereocenters. The summed E-state index contributed by atoms with van der Waals surface area (Å²) < 4.78 is 7.30. The van der Waals surface area contributed by atoms with Crippen LogP contribution in [0.2, 0.25) is 0 Å². The van der Waals surface area contributed by atoms with E-state index in [0.717, 1.165) is 33.0 Å². The Morgan fingerprint density at radius 2 is 2.05 bits per heavy atom.